The summed E-state index contributed by atoms with van der Waals surface area (Å²) in [7, 11) is 0. The second kappa shape index (κ2) is 3.92. The number of rotatable bonds is 1. The predicted molar refractivity (Wildman–Crippen MR) is 64.4 cm³/mol. The Morgan fingerprint density at radius 2 is 2.31 bits per heavy atom. The van der Waals surface area contributed by atoms with Crippen LogP contribution in [-0.2, 0) is 13.1 Å². The van der Waals surface area contributed by atoms with Crippen molar-refractivity contribution in [3.8, 4) is 11.4 Å². The molecule has 0 saturated carbocycles. The number of halogens is 1. The fourth-order valence-corrected chi connectivity index (χ4v) is 2.26. The molecule has 0 aliphatic carbocycles. The Hall–Kier alpha value is -1.32. The Kier molecular flexibility index (Phi) is 2.42. The van der Waals surface area contributed by atoms with Gasteiger partial charge in [0.05, 0.1) is 11.9 Å². The summed E-state index contributed by atoms with van der Waals surface area (Å²) in [5.74, 6) is 1.01. The second-order valence-corrected chi connectivity index (χ2v) is 4.35. The fraction of sp³-hybridized carbons (Fsp3) is 0.250. The Bertz CT molecular complexity index is 519. The Balaban J connectivity index is 2.09. The van der Waals surface area contributed by atoms with Crippen LogP contribution in [-0.4, -0.2) is 16.1 Å². The Labute approximate surface area is 99.1 Å². The molecule has 3 rings (SSSR count). The normalized spacial score (nSPS) is 14.8. The summed E-state index contributed by atoms with van der Waals surface area (Å²) in [6.45, 7) is 2.86. The molecule has 0 saturated heterocycles. The van der Waals surface area contributed by atoms with Crippen LogP contribution in [0.2, 0.25) is 5.02 Å². The van der Waals surface area contributed by atoms with Gasteiger partial charge in [-0.25, -0.2) is 4.98 Å². The predicted octanol–water partition coefficient (Wildman–Crippen LogP) is 2.31. The third-order valence-corrected chi connectivity index (χ3v) is 3.07. The molecule has 0 radical (unpaired) electrons. The quantitative estimate of drug-likeness (QED) is 0.819. The van der Waals surface area contributed by atoms with Crippen molar-refractivity contribution < 1.29 is 0 Å². The van der Waals surface area contributed by atoms with Crippen molar-refractivity contribution in [2.75, 3.05) is 6.54 Å². The number of nitrogens with one attached hydrogen (secondary N) is 1. The van der Waals surface area contributed by atoms with Crippen LogP contribution in [0.3, 0.4) is 0 Å². The fourth-order valence-electron chi connectivity index (χ4n) is 2.07. The van der Waals surface area contributed by atoms with E-state index in [2.05, 4.69) is 14.9 Å². The zero-order valence-corrected chi connectivity index (χ0v) is 9.54. The topological polar surface area (TPSA) is 29.9 Å². The summed E-state index contributed by atoms with van der Waals surface area (Å²) in [6, 6.07) is 7.84. The van der Waals surface area contributed by atoms with Crippen molar-refractivity contribution in [1.82, 2.24) is 14.9 Å². The molecule has 1 aromatic carbocycles. The molecule has 0 bridgehead atoms. The van der Waals surface area contributed by atoms with Crippen LogP contribution in [0.25, 0.3) is 11.4 Å². The first-order chi connectivity index (χ1) is 7.84. The van der Waals surface area contributed by atoms with E-state index >= 15 is 0 Å². The molecular formula is C12H12ClN3. The van der Waals surface area contributed by atoms with Gasteiger partial charge in [0.1, 0.15) is 5.82 Å². The number of nitrogens with zero attached hydrogens (tertiary/aromatic N) is 2. The third-order valence-electron chi connectivity index (χ3n) is 2.84. The highest BCUT2D eigenvalue weighted by molar-refractivity contribution is 6.30. The highest BCUT2D eigenvalue weighted by atomic mass is 35.5. The lowest BCUT2D eigenvalue weighted by molar-refractivity contribution is 0.519. The van der Waals surface area contributed by atoms with Crippen LogP contribution in [0.4, 0.5) is 0 Å². The van der Waals surface area contributed by atoms with Crippen molar-refractivity contribution in [2.45, 2.75) is 13.1 Å². The average Bonchev–Trinajstić information content (AvgIpc) is 2.72. The average molecular weight is 234 g/mol. The Morgan fingerprint density at radius 1 is 1.38 bits per heavy atom. The van der Waals surface area contributed by atoms with E-state index < -0.39 is 0 Å². The van der Waals surface area contributed by atoms with E-state index in [-0.39, 0.29) is 0 Å². The van der Waals surface area contributed by atoms with Gasteiger partial charge in [0.2, 0.25) is 0 Å². The molecule has 0 atom stereocenters. The molecule has 82 valence electrons. The van der Waals surface area contributed by atoms with Crippen LogP contribution < -0.4 is 5.32 Å². The van der Waals surface area contributed by atoms with Crippen LogP contribution in [0.5, 0.6) is 0 Å². The van der Waals surface area contributed by atoms with Gasteiger partial charge >= 0.3 is 0 Å². The van der Waals surface area contributed by atoms with E-state index in [4.69, 9.17) is 11.6 Å². The molecule has 16 heavy (non-hydrogen) atoms. The minimum absolute atomic E-state index is 0.754. The summed E-state index contributed by atoms with van der Waals surface area (Å²) in [4.78, 5) is 4.47. The van der Waals surface area contributed by atoms with Gasteiger partial charge in [-0.1, -0.05) is 23.7 Å². The maximum Gasteiger partial charge on any atom is 0.140 e. The van der Waals surface area contributed by atoms with E-state index in [0.717, 1.165) is 36.0 Å². The van der Waals surface area contributed by atoms with Gasteiger partial charge in [-0.15, -0.1) is 0 Å². The van der Waals surface area contributed by atoms with Gasteiger partial charge in [0, 0.05) is 30.2 Å². The number of fused-ring (bicyclic) bond motifs is 1. The lowest BCUT2D eigenvalue weighted by atomic mass is 10.2. The molecule has 1 aliphatic heterocycles. The maximum atomic E-state index is 6.00. The summed E-state index contributed by atoms with van der Waals surface area (Å²) in [5.41, 5.74) is 2.32. The summed E-state index contributed by atoms with van der Waals surface area (Å²) < 4.78 is 2.25. The van der Waals surface area contributed by atoms with Gasteiger partial charge in [0.15, 0.2) is 0 Å². The number of imidazole rings is 1. The number of aromatic nitrogens is 2. The molecule has 0 amide bonds. The standard InChI is InChI=1S/C12H12ClN3/c13-10-3-1-2-9(6-10)12-15-8-11-7-14-4-5-16(11)12/h1-3,6,8,14H,4-5,7H2. The van der Waals surface area contributed by atoms with Crippen molar-refractivity contribution in [3.05, 3.63) is 41.2 Å². The SMILES string of the molecule is Clc1cccc(-c2ncc3n2CCNC3)c1. The number of hydrogen-bond donors (Lipinski definition) is 1. The van der Waals surface area contributed by atoms with Crippen LogP contribution in [0.15, 0.2) is 30.5 Å². The molecule has 1 aromatic heterocycles. The third kappa shape index (κ3) is 1.62. The molecular weight excluding hydrogens is 222 g/mol. The molecule has 2 aromatic rings. The minimum atomic E-state index is 0.754. The summed E-state index contributed by atoms with van der Waals surface area (Å²) >= 11 is 6.00. The van der Waals surface area contributed by atoms with Crippen LogP contribution in [0.1, 0.15) is 5.69 Å². The van der Waals surface area contributed by atoms with Crippen molar-refractivity contribution in [3.63, 3.8) is 0 Å². The molecule has 0 spiro atoms. The molecule has 1 aliphatic rings. The summed E-state index contributed by atoms with van der Waals surface area (Å²) in [6.07, 6.45) is 1.93. The smallest absolute Gasteiger partial charge is 0.140 e. The van der Waals surface area contributed by atoms with E-state index in [1.807, 2.05) is 30.5 Å². The van der Waals surface area contributed by atoms with Gasteiger partial charge in [-0.05, 0) is 12.1 Å². The lowest BCUT2D eigenvalue weighted by Crippen LogP contribution is -2.27. The largest absolute Gasteiger partial charge is 0.326 e. The van der Waals surface area contributed by atoms with E-state index in [1.54, 1.807) is 0 Å². The molecule has 0 fully saturated rings. The Morgan fingerprint density at radius 3 is 3.19 bits per heavy atom. The van der Waals surface area contributed by atoms with Gasteiger partial charge in [-0.2, -0.15) is 0 Å². The second-order valence-electron chi connectivity index (χ2n) is 3.91. The van der Waals surface area contributed by atoms with Gasteiger partial charge in [0.25, 0.3) is 0 Å². The highest BCUT2D eigenvalue weighted by Crippen LogP contribution is 2.23. The first-order valence-electron chi connectivity index (χ1n) is 5.35. The number of benzene rings is 1. The molecule has 1 N–H and O–H groups in total. The molecule has 2 heterocycles. The number of hydrogen-bond acceptors (Lipinski definition) is 2. The van der Waals surface area contributed by atoms with Crippen LogP contribution >= 0.6 is 11.6 Å². The van der Waals surface area contributed by atoms with Gasteiger partial charge in [-0.3, -0.25) is 0 Å². The lowest BCUT2D eigenvalue weighted by Gasteiger charge is -2.17. The van der Waals surface area contributed by atoms with Crippen molar-refractivity contribution in [1.29, 1.82) is 0 Å². The van der Waals surface area contributed by atoms with Crippen LogP contribution in [0, 0.1) is 0 Å². The van der Waals surface area contributed by atoms with E-state index in [9.17, 15) is 0 Å². The van der Waals surface area contributed by atoms with E-state index in [1.165, 1.54) is 5.69 Å². The van der Waals surface area contributed by atoms with Crippen molar-refractivity contribution >= 4 is 11.6 Å². The molecule has 0 unspecified atom stereocenters. The molecule has 3 nitrogen and oxygen atoms in total. The zero-order valence-electron chi connectivity index (χ0n) is 8.78. The van der Waals surface area contributed by atoms with E-state index in [0.29, 0.717) is 0 Å². The van der Waals surface area contributed by atoms with Gasteiger partial charge < -0.3 is 9.88 Å². The first-order valence-corrected chi connectivity index (χ1v) is 5.73. The minimum Gasteiger partial charge on any atom is -0.326 e. The summed E-state index contributed by atoms with van der Waals surface area (Å²) in [5, 5.41) is 4.08. The highest BCUT2D eigenvalue weighted by Gasteiger charge is 2.14. The monoisotopic (exact) mass is 233 g/mol. The zero-order chi connectivity index (χ0) is 11.0. The van der Waals surface area contributed by atoms with Crippen molar-refractivity contribution in [2.24, 2.45) is 0 Å². The maximum absolute atomic E-state index is 6.00. The first kappa shape index (κ1) is 9.87. The molecule has 4 heteroatoms.